The highest BCUT2D eigenvalue weighted by molar-refractivity contribution is 6.06. The van der Waals surface area contributed by atoms with Gasteiger partial charge in [0, 0.05) is 5.56 Å². The van der Waals surface area contributed by atoms with Crippen LogP contribution in [0.1, 0.15) is 15.9 Å². The molecule has 3 aromatic rings. The lowest BCUT2D eigenvalue weighted by atomic mass is 10.1. The Kier molecular flexibility index (Phi) is 3.47. The number of aryl methyl sites for hydroxylation is 1. The third-order valence-electron chi connectivity index (χ3n) is 3.21. The topological polar surface area (TPSA) is 59.8 Å². The third-order valence-corrected chi connectivity index (χ3v) is 3.21. The Morgan fingerprint density at radius 2 is 1.86 bits per heavy atom. The molecule has 0 atom stereocenters. The van der Waals surface area contributed by atoms with Crippen molar-refractivity contribution < 1.29 is 4.79 Å². The summed E-state index contributed by atoms with van der Waals surface area (Å²) in [5.74, 6) is -0.138. The van der Waals surface area contributed by atoms with Crippen LogP contribution < -0.4 is 5.32 Å². The summed E-state index contributed by atoms with van der Waals surface area (Å²) in [6.45, 7) is 1.91. The van der Waals surface area contributed by atoms with Gasteiger partial charge in [-0.15, -0.1) is 0 Å². The fraction of sp³-hybridized carbons (Fsp3) is 0.0625. The normalized spacial score (nSPS) is 10.3. The van der Waals surface area contributed by atoms with Crippen LogP contribution in [0.2, 0.25) is 0 Å². The van der Waals surface area contributed by atoms with E-state index in [1.54, 1.807) is 11.0 Å². The number of benzene rings is 2. The summed E-state index contributed by atoms with van der Waals surface area (Å²) in [7, 11) is 0. The summed E-state index contributed by atoms with van der Waals surface area (Å²) in [5.41, 5.74) is 3.06. The highest BCUT2D eigenvalue weighted by Gasteiger charge is 2.11. The molecule has 0 spiro atoms. The molecule has 2 aromatic carbocycles. The van der Waals surface area contributed by atoms with Crippen molar-refractivity contribution in [3.63, 3.8) is 0 Å². The first-order valence-corrected chi connectivity index (χ1v) is 6.57. The van der Waals surface area contributed by atoms with Crippen molar-refractivity contribution in [2.24, 2.45) is 0 Å². The van der Waals surface area contributed by atoms with Crippen LogP contribution in [-0.2, 0) is 0 Å². The molecule has 0 radical (unpaired) electrons. The summed E-state index contributed by atoms with van der Waals surface area (Å²) >= 11 is 0. The molecule has 1 heterocycles. The van der Waals surface area contributed by atoms with Gasteiger partial charge < -0.3 is 5.32 Å². The predicted octanol–water partition coefficient (Wildman–Crippen LogP) is 2.83. The first kappa shape index (κ1) is 13.1. The van der Waals surface area contributed by atoms with E-state index in [2.05, 4.69) is 15.4 Å². The van der Waals surface area contributed by atoms with E-state index in [0.717, 1.165) is 11.3 Å². The van der Waals surface area contributed by atoms with Gasteiger partial charge in [-0.1, -0.05) is 30.3 Å². The fourth-order valence-electron chi connectivity index (χ4n) is 2.13. The lowest BCUT2D eigenvalue weighted by Crippen LogP contribution is -2.15. The number of nitrogens with one attached hydrogen (secondary N) is 1. The van der Waals surface area contributed by atoms with E-state index in [9.17, 15) is 4.79 Å². The van der Waals surface area contributed by atoms with Gasteiger partial charge in [0.1, 0.15) is 12.7 Å². The molecular weight excluding hydrogens is 264 g/mol. The van der Waals surface area contributed by atoms with Crippen LogP contribution in [-0.4, -0.2) is 20.7 Å². The number of aromatic nitrogens is 3. The number of rotatable bonds is 3. The van der Waals surface area contributed by atoms with Gasteiger partial charge in [-0.05, 0) is 30.7 Å². The molecule has 5 heteroatoms. The molecule has 1 aromatic heterocycles. The molecule has 104 valence electrons. The number of amides is 1. The number of carbonyl (C=O) groups is 1. The van der Waals surface area contributed by atoms with Gasteiger partial charge in [-0.2, -0.15) is 5.10 Å². The van der Waals surface area contributed by atoms with Crippen molar-refractivity contribution in [2.45, 2.75) is 6.92 Å². The Morgan fingerprint density at radius 3 is 2.62 bits per heavy atom. The predicted molar refractivity (Wildman–Crippen MR) is 80.5 cm³/mol. The van der Waals surface area contributed by atoms with Crippen LogP contribution >= 0.6 is 0 Å². The van der Waals surface area contributed by atoms with Crippen LogP contribution in [0, 0.1) is 6.92 Å². The Hall–Kier alpha value is -2.95. The zero-order valence-corrected chi connectivity index (χ0v) is 11.5. The number of hydrogen-bond donors (Lipinski definition) is 1. The number of carbonyl (C=O) groups excluding carboxylic acids is 1. The molecule has 21 heavy (non-hydrogen) atoms. The average Bonchev–Trinajstić information content (AvgIpc) is 3.02. The lowest BCUT2D eigenvalue weighted by molar-refractivity contribution is 0.102. The molecule has 1 amide bonds. The number of anilines is 1. The molecule has 0 bridgehead atoms. The highest BCUT2D eigenvalue weighted by Crippen LogP contribution is 2.20. The van der Waals surface area contributed by atoms with Gasteiger partial charge in [0.15, 0.2) is 0 Å². The van der Waals surface area contributed by atoms with Crippen molar-refractivity contribution in [2.75, 3.05) is 5.32 Å². The Balaban J connectivity index is 1.93. The van der Waals surface area contributed by atoms with Crippen LogP contribution in [0.25, 0.3) is 5.69 Å². The smallest absolute Gasteiger partial charge is 0.255 e. The van der Waals surface area contributed by atoms with Gasteiger partial charge in [0.2, 0.25) is 0 Å². The third kappa shape index (κ3) is 2.67. The number of para-hydroxylation sites is 2. The molecular formula is C16H14N4O. The monoisotopic (exact) mass is 278 g/mol. The maximum absolute atomic E-state index is 12.4. The van der Waals surface area contributed by atoms with E-state index >= 15 is 0 Å². The minimum Gasteiger partial charge on any atom is -0.320 e. The molecule has 1 N–H and O–H groups in total. The van der Waals surface area contributed by atoms with Crippen molar-refractivity contribution in [3.05, 3.63) is 72.3 Å². The van der Waals surface area contributed by atoms with Crippen molar-refractivity contribution in [1.82, 2.24) is 14.8 Å². The fourth-order valence-corrected chi connectivity index (χ4v) is 2.13. The van der Waals surface area contributed by atoms with Crippen LogP contribution in [0.4, 0.5) is 5.69 Å². The molecule has 0 saturated heterocycles. The Bertz CT molecular complexity index is 765. The quantitative estimate of drug-likeness (QED) is 0.801. The van der Waals surface area contributed by atoms with E-state index in [4.69, 9.17) is 0 Å². The number of hydrogen-bond acceptors (Lipinski definition) is 3. The summed E-state index contributed by atoms with van der Waals surface area (Å²) < 4.78 is 1.62. The van der Waals surface area contributed by atoms with Crippen LogP contribution in [0.5, 0.6) is 0 Å². The molecule has 0 aliphatic rings. The zero-order chi connectivity index (χ0) is 14.7. The van der Waals surface area contributed by atoms with Crippen LogP contribution in [0.15, 0.2) is 61.2 Å². The minimum atomic E-state index is -0.138. The second-order valence-corrected chi connectivity index (χ2v) is 4.63. The van der Waals surface area contributed by atoms with Crippen molar-refractivity contribution in [1.29, 1.82) is 0 Å². The van der Waals surface area contributed by atoms with Crippen molar-refractivity contribution >= 4 is 11.6 Å². The summed E-state index contributed by atoms with van der Waals surface area (Å²) in [6.07, 6.45) is 3.05. The Labute approximate surface area is 122 Å². The molecule has 3 rings (SSSR count). The van der Waals surface area contributed by atoms with E-state index in [1.807, 2.05) is 55.5 Å². The van der Waals surface area contributed by atoms with Crippen LogP contribution in [0.3, 0.4) is 0 Å². The van der Waals surface area contributed by atoms with E-state index in [-0.39, 0.29) is 5.91 Å². The van der Waals surface area contributed by atoms with E-state index in [0.29, 0.717) is 11.3 Å². The van der Waals surface area contributed by atoms with Gasteiger partial charge in [0.25, 0.3) is 5.91 Å². The Morgan fingerprint density at radius 1 is 1.10 bits per heavy atom. The van der Waals surface area contributed by atoms with E-state index in [1.165, 1.54) is 6.33 Å². The zero-order valence-electron chi connectivity index (χ0n) is 11.5. The summed E-state index contributed by atoms with van der Waals surface area (Å²) in [6, 6.07) is 15.0. The molecule has 0 unspecified atom stereocenters. The summed E-state index contributed by atoms with van der Waals surface area (Å²) in [4.78, 5) is 16.3. The standard InChI is InChI=1S/C16H14N4O/c1-12-6-2-3-7-13(12)16(21)19-14-8-4-5-9-15(14)20-11-17-10-18-20/h2-11H,1H3,(H,19,21). The highest BCUT2D eigenvalue weighted by atomic mass is 16.1. The largest absolute Gasteiger partial charge is 0.320 e. The second-order valence-electron chi connectivity index (χ2n) is 4.63. The first-order valence-electron chi connectivity index (χ1n) is 6.57. The molecule has 5 nitrogen and oxygen atoms in total. The second kappa shape index (κ2) is 5.58. The number of nitrogens with zero attached hydrogens (tertiary/aromatic N) is 3. The maximum atomic E-state index is 12.4. The maximum Gasteiger partial charge on any atom is 0.255 e. The molecule has 0 aliphatic heterocycles. The van der Waals surface area contributed by atoms with Crippen molar-refractivity contribution in [3.8, 4) is 5.69 Å². The van der Waals surface area contributed by atoms with Gasteiger partial charge in [-0.25, -0.2) is 9.67 Å². The molecule has 0 saturated carbocycles. The SMILES string of the molecule is Cc1ccccc1C(=O)Nc1ccccc1-n1cncn1. The first-order chi connectivity index (χ1) is 10.3. The van der Waals surface area contributed by atoms with Gasteiger partial charge in [0.05, 0.1) is 11.4 Å². The molecule has 0 aliphatic carbocycles. The summed E-state index contributed by atoms with van der Waals surface area (Å²) in [5, 5.41) is 7.03. The van der Waals surface area contributed by atoms with Gasteiger partial charge >= 0.3 is 0 Å². The molecule has 0 fully saturated rings. The average molecular weight is 278 g/mol. The van der Waals surface area contributed by atoms with E-state index < -0.39 is 0 Å². The minimum absolute atomic E-state index is 0.138. The lowest BCUT2D eigenvalue weighted by Gasteiger charge is -2.11. The van der Waals surface area contributed by atoms with Gasteiger partial charge in [-0.3, -0.25) is 4.79 Å².